The van der Waals surface area contributed by atoms with Crippen molar-refractivity contribution in [2.75, 3.05) is 26.3 Å². The highest BCUT2D eigenvalue weighted by atomic mass is 16.5. The molecule has 2 aliphatic rings. The summed E-state index contributed by atoms with van der Waals surface area (Å²) in [5.41, 5.74) is 2.61. The molecule has 0 saturated carbocycles. The molecule has 0 aliphatic carbocycles. The third-order valence-corrected chi connectivity index (χ3v) is 4.58. The third-order valence-electron chi connectivity index (χ3n) is 4.58. The number of benzene rings is 1. The highest BCUT2D eigenvalue weighted by molar-refractivity contribution is 5.82. The molecule has 2 heterocycles. The Labute approximate surface area is 126 Å². The Morgan fingerprint density at radius 1 is 1.38 bits per heavy atom. The number of hydrogen-bond acceptors (Lipinski definition) is 3. The number of hydrogen-bond donors (Lipinski definition) is 1. The lowest BCUT2D eigenvalue weighted by molar-refractivity contribution is -0.134. The summed E-state index contributed by atoms with van der Waals surface area (Å²) in [6.07, 6.45) is 1.87. The van der Waals surface area contributed by atoms with Crippen LogP contribution in [0.2, 0.25) is 0 Å². The molecule has 3 rings (SSSR count). The first-order valence-electron chi connectivity index (χ1n) is 7.94. The van der Waals surface area contributed by atoms with Crippen molar-refractivity contribution in [3.05, 3.63) is 35.4 Å². The molecule has 0 spiro atoms. The van der Waals surface area contributed by atoms with E-state index in [-0.39, 0.29) is 11.9 Å². The molecule has 1 unspecified atom stereocenters. The van der Waals surface area contributed by atoms with Crippen LogP contribution in [0.15, 0.2) is 24.3 Å². The fourth-order valence-electron chi connectivity index (χ4n) is 3.26. The number of carbonyl (C=O) groups is 1. The predicted octanol–water partition coefficient (Wildman–Crippen LogP) is 1.59. The average Bonchev–Trinajstić information content (AvgIpc) is 3.04. The second kappa shape index (κ2) is 6.58. The van der Waals surface area contributed by atoms with Gasteiger partial charge in [0.2, 0.25) is 5.91 Å². The molecule has 2 aliphatic heterocycles. The summed E-state index contributed by atoms with van der Waals surface area (Å²) in [5, 5.41) is 3.39. The van der Waals surface area contributed by atoms with E-state index in [9.17, 15) is 4.79 Å². The molecule has 21 heavy (non-hydrogen) atoms. The first-order valence-corrected chi connectivity index (χ1v) is 7.94. The lowest BCUT2D eigenvalue weighted by atomic mass is 9.95. The summed E-state index contributed by atoms with van der Waals surface area (Å²) in [7, 11) is 0. The lowest BCUT2D eigenvalue weighted by Gasteiger charge is -2.31. The molecule has 0 bridgehead atoms. The van der Waals surface area contributed by atoms with Crippen LogP contribution in [0, 0.1) is 5.92 Å². The van der Waals surface area contributed by atoms with Crippen molar-refractivity contribution in [3.8, 4) is 0 Å². The second-order valence-corrected chi connectivity index (χ2v) is 6.01. The third kappa shape index (κ3) is 3.27. The number of amides is 1. The Bertz CT molecular complexity index is 497. The Morgan fingerprint density at radius 2 is 2.19 bits per heavy atom. The van der Waals surface area contributed by atoms with Crippen LogP contribution in [-0.2, 0) is 22.5 Å². The number of nitrogens with zero attached hydrogens (tertiary/aromatic N) is 1. The van der Waals surface area contributed by atoms with Crippen LogP contribution in [0.5, 0.6) is 0 Å². The summed E-state index contributed by atoms with van der Waals surface area (Å²) in [6, 6.07) is 8.30. The van der Waals surface area contributed by atoms with E-state index >= 15 is 0 Å². The van der Waals surface area contributed by atoms with E-state index in [1.807, 2.05) is 4.90 Å². The molecule has 1 fully saturated rings. The van der Waals surface area contributed by atoms with E-state index in [1.165, 1.54) is 11.1 Å². The standard InChI is InChI=1S/C17H24N2O2/c1-2-19(11-13-7-8-21-12-13)17(20)16-9-14-5-3-4-6-15(14)10-18-16/h3-6,13,16,18H,2,7-12H2,1H3/t13?,16-/m1/s1. The summed E-state index contributed by atoms with van der Waals surface area (Å²) in [4.78, 5) is 14.7. The maximum absolute atomic E-state index is 12.7. The summed E-state index contributed by atoms with van der Waals surface area (Å²) in [5.74, 6) is 0.740. The topological polar surface area (TPSA) is 41.6 Å². The van der Waals surface area contributed by atoms with Gasteiger partial charge in [0.25, 0.3) is 0 Å². The minimum Gasteiger partial charge on any atom is -0.381 e. The smallest absolute Gasteiger partial charge is 0.240 e. The molecule has 114 valence electrons. The van der Waals surface area contributed by atoms with E-state index < -0.39 is 0 Å². The van der Waals surface area contributed by atoms with Crippen molar-refractivity contribution in [1.29, 1.82) is 0 Å². The molecular formula is C17H24N2O2. The van der Waals surface area contributed by atoms with E-state index in [0.29, 0.717) is 5.92 Å². The van der Waals surface area contributed by atoms with Crippen LogP contribution in [0.4, 0.5) is 0 Å². The van der Waals surface area contributed by atoms with Crippen LogP contribution in [0.25, 0.3) is 0 Å². The van der Waals surface area contributed by atoms with Crippen molar-refractivity contribution >= 4 is 5.91 Å². The number of carbonyl (C=O) groups excluding carboxylic acids is 1. The Balaban J connectivity index is 1.64. The van der Waals surface area contributed by atoms with Crippen LogP contribution >= 0.6 is 0 Å². The normalized spacial score (nSPS) is 24.6. The maximum Gasteiger partial charge on any atom is 0.240 e. The van der Waals surface area contributed by atoms with Crippen molar-refractivity contribution in [1.82, 2.24) is 10.2 Å². The van der Waals surface area contributed by atoms with Gasteiger partial charge in [0.05, 0.1) is 12.6 Å². The number of ether oxygens (including phenoxy) is 1. The monoisotopic (exact) mass is 288 g/mol. The first kappa shape index (κ1) is 14.5. The predicted molar refractivity (Wildman–Crippen MR) is 82.0 cm³/mol. The minimum atomic E-state index is -0.0813. The Kier molecular flexibility index (Phi) is 4.56. The molecular weight excluding hydrogens is 264 g/mol. The fourth-order valence-corrected chi connectivity index (χ4v) is 3.26. The SMILES string of the molecule is CCN(CC1CCOC1)C(=O)[C@H]1Cc2ccccc2CN1. The van der Waals surface area contributed by atoms with Crippen molar-refractivity contribution in [2.45, 2.75) is 32.4 Å². The van der Waals surface area contributed by atoms with Crippen molar-refractivity contribution in [2.24, 2.45) is 5.92 Å². The Hall–Kier alpha value is -1.39. The molecule has 4 heteroatoms. The number of likely N-dealkylation sites (N-methyl/N-ethyl adjacent to an activating group) is 1. The van der Waals surface area contributed by atoms with Crippen LogP contribution in [0.1, 0.15) is 24.5 Å². The highest BCUT2D eigenvalue weighted by Gasteiger charge is 2.29. The van der Waals surface area contributed by atoms with Crippen molar-refractivity contribution in [3.63, 3.8) is 0 Å². The van der Waals surface area contributed by atoms with Gasteiger partial charge >= 0.3 is 0 Å². The molecule has 0 aromatic heterocycles. The molecule has 0 radical (unpaired) electrons. The van der Waals surface area contributed by atoms with E-state index in [0.717, 1.165) is 45.7 Å². The molecule has 1 amide bonds. The molecule has 1 aromatic carbocycles. The minimum absolute atomic E-state index is 0.0813. The summed E-state index contributed by atoms with van der Waals surface area (Å²) < 4.78 is 5.42. The average molecular weight is 288 g/mol. The van der Waals surface area contributed by atoms with Crippen LogP contribution in [-0.4, -0.2) is 43.2 Å². The molecule has 1 N–H and O–H groups in total. The largest absolute Gasteiger partial charge is 0.381 e. The zero-order chi connectivity index (χ0) is 14.7. The number of nitrogens with one attached hydrogen (secondary N) is 1. The van der Waals surface area contributed by atoms with Gasteiger partial charge in [0, 0.05) is 32.2 Å². The molecule has 1 aromatic rings. The van der Waals surface area contributed by atoms with Gasteiger partial charge < -0.3 is 15.0 Å². The summed E-state index contributed by atoms with van der Waals surface area (Å²) in [6.45, 7) is 6.08. The fraction of sp³-hybridized carbons (Fsp3) is 0.588. The molecule has 4 nitrogen and oxygen atoms in total. The van der Waals surface area contributed by atoms with E-state index in [2.05, 4.69) is 36.5 Å². The summed E-state index contributed by atoms with van der Waals surface area (Å²) >= 11 is 0. The number of fused-ring (bicyclic) bond motifs is 1. The highest BCUT2D eigenvalue weighted by Crippen LogP contribution is 2.19. The molecule has 1 saturated heterocycles. The number of rotatable bonds is 4. The van der Waals surface area contributed by atoms with Gasteiger partial charge in [-0.2, -0.15) is 0 Å². The van der Waals surface area contributed by atoms with E-state index in [1.54, 1.807) is 0 Å². The van der Waals surface area contributed by atoms with E-state index in [4.69, 9.17) is 4.74 Å². The quantitative estimate of drug-likeness (QED) is 0.915. The van der Waals surface area contributed by atoms with Crippen molar-refractivity contribution < 1.29 is 9.53 Å². The van der Waals surface area contributed by atoms with Crippen LogP contribution in [0.3, 0.4) is 0 Å². The zero-order valence-electron chi connectivity index (χ0n) is 12.7. The lowest BCUT2D eigenvalue weighted by Crippen LogP contribution is -2.50. The molecule has 2 atom stereocenters. The van der Waals surface area contributed by atoms with Gasteiger partial charge in [0.1, 0.15) is 0 Å². The first-order chi connectivity index (χ1) is 10.3. The van der Waals surface area contributed by atoms with Gasteiger partial charge in [-0.15, -0.1) is 0 Å². The second-order valence-electron chi connectivity index (χ2n) is 6.01. The van der Waals surface area contributed by atoms with Gasteiger partial charge in [-0.25, -0.2) is 0 Å². The van der Waals surface area contributed by atoms with Gasteiger partial charge in [-0.3, -0.25) is 4.79 Å². The Morgan fingerprint density at radius 3 is 2.90 bits per heavy atom. The van der Waals surface area contributed by atoms with Gasteiger partial charge in [0.15, 0.2) is 0 Å². The zero-order valence-corrected chi connectivity index (χ0v) is 12.7. The van der Waals surface area contributed by atoms with Gasteiger partial charge in [-0.1, -0.05) is 24.3 Å². The van der Waals surface area contributed by atoms with Gasteiger partial charge in [-0.05, 0) is 30.9 Å². The maximum atomic E-state index is 12.7. The van der Waals surface area contributed by atoms with Crippen LogP contribution < -0.4 is 5.32 Å².